The summed E-state index contributed by atoms with van der Waals surface area (Å²) in [7, 11) is 1.94. The van der Waals surface area contributed by atoms with Crippen molar-refractivity contribution in [1.82, 2.24) is 15.5 Å². The van der Waals surface area contributed by atoms with Gasteiger partial charge in [-0.1, -0.05) is 31.2 Å². The zero-order chi connectivity index (χ0) is 16.7. The molecular formula is C19H20N4O. The second-order valence-corrected chi connectivity index (χ2v) is 6.36. The molecule has 1 amide bonds. The number of hydrogen-bond acceptors (Lipinski definition) is 4. The van der Waals surface area contributed by atoms with Crippen molar-refractivity contribution >= 4 is 11.7 Å². The number of amidine groups is 1. The lowest BCUT2D eigenvalue weighted by Gasteiger charge is -2.27. The molecule has 5 nitrogen and oxygen atoms in total. The van der Waals surface area contributed by atoms with Gasteiger partial charge in [-0.2, -0.15) is 0 Å². The Morgan fingerprint density at radius 3 is 2.83 bits per heavy atom. The number of carbonyl (C=O) groups is 1. The highest BCUT2D eigenvalue weighted by molar-refractivity contribution is 6.03. The van der Waals surface area contributed by atoms with Crippen molar-refractivity contribution in [3.05, 3.63) is 70.7 Å². The summed E-state index contributed by atoms with van der Waals surface area (Å²) in [5.74, 6) is 1.13. The van der Waals surface area contributed by atoms with Crippen molar-refractivity contribution in [2.75, 3.05) is 13.6 Å². The van der Waals surface area contributed by atoms with Crippen LogP contribution in [0, 0.1) is 5.92 Å². The Kier molecular flexibility index (Phi) is 3.58. The van der Waals surface area contributed by atoms with E-state index in [1.54, 1.807) is 6.08 Å². The van der Waals surface area contributed by atoms with Crippen LogP contribution in [0.15, 0.2) is 64.6 Å². The maximum Gasteiger partial charge on any atom is 0.248 e. The van der Waals surface area contributed by atoms with Gasteiger partial charge in [0, 0.05) is 48.1 Å². The SMILES string of the molecule is CNCc1ccc(C2=NC=C3C=CC(=O)NC4=C3N2C[C@@H]4C)cc1. The molecule has 3 aliphatic heterocycles. The molecule has 4 rings (SSSR count). The van der Waals surface area contributed by atoms with Gasteiger partial charge >= 0.3 is 0 Å². The molecule has 122 valence electrons. The molecule has 0 fully saturated rings. The lowest BCUT2D eigenvalue weighted by molar-refractivity contribution is -0.115. The first kappa shape index (κ1) is 14.9. The first-order valence-electron chi connectivity index (χ1n) is 8.20. The molecule has 3 heterocycles. The molecule has 2 N–H and O–H groups in total. The zero-order valence-electron chi connectivity index (χ0n) is 13.8. The van der Waals surface area contributed by atoms with Crippen LogP contribution >= 0.6 is 0 Å². The van der Waals surface area contributed by atoms with Gasteiger partial charge in [0.05, 0.1) is 5.70 Å². The zero-order valence-corrected chi connectivity index (χ0v) is 13.8. The number of benzene rings is 1. The van der Waals surface area contributed by atoms with Crippen LogP contribution in [0.2, 0.25) is 0 Å². The van der Waals surface area contributed by atoms with Gasteiger partial charge in [-0.15, -0.1) is 0 Å². The van der Waals surface area contributed by atoms with Gasteiger partial charge in [0.25, 0.3) is 0 Å². The minimum Gasteiger partial charge on any atom is -0.324 e. The van der Waals surface area contributed by atoms with Crippen molar-refractivity contribution in [1.29, 1.82) is 0 Å². The van der Waals surface area contributed by atoms with Crippen LogP contribution in [0.25, 0.3) is 0 Å². The molecule has 24 heavy (non-hydrogen) atoms. The predicted molar refractivity (Wildman–Crippen MR) is 94.0 cm³/mol. The second kappa shape index (κ2) is 5.76. The third kappa shape index (κ3) is 2.37. The van der Waals surface area contributed by atoms with Crippen LogP contribution < -0.4 is 10.6 Å². The van der Waals surface area contributed by atoms with Gasteiger partial charge in [0.1, 0.15) is 5.84 Å². The minimum atomic E-state index is -0.0699. The number of rotatable bonds is 3. The van der Waals surface area contributed by atoms with E-state index >= 15 is 0 Å². The lowest BCUT2D eigenvalue weighted by Crippen LogP contribution is -2.32. The molecule has 0 aliphatic carbocycles. The number of carbonyl (C=O) groups excluding carboxylic acids is 1. The fourth-order valence-electron chi connectivity index (χ4n) is 3.45. The van der Waals surface area contributed by atoms with E-state index in [-0.39, 0.29) is 11.8 Å². The Labute approximate surface area is 141 Å². The second-order valence-electron chi connectivity index (χ2n) is 6.36. The first-order valence-corrected chi connectivity index (χ1v) is 8.20. The molecule has 1 aromatic rings. The summed E-state index contributed by atoms with van der Waals surface area (Å²) in [6.45, 7) is 3.81. The molecule has 1 aromatic carbocycles. The third-order valence-electron chi connectivity index (χ3n) is 4.59. The van der Waals surface area contributed by atoms with Crippen LogP contribution in [0.3, 0.4) is 0 Å². The number of allylic oxidation sites excluding steroid dienone is 1. The molecule has 0 unspecified atom stereocenters. The molecule has 0 radical (unpaired) electrons. The van der Waals surface area contributed by atoms with E-state index in [4.69, 9.17) is 0 Å². The van der Waals surface area contributed by atoms with E-state index in [0.29, 0.717) is 0 Å². The van der Waals surface area contributed by atoms with Crippen LogP contribution in [0.1, 0.15) is 18.1 Å². The summed E-state index contributed by atoms with van der Waals surface area (Å²) in [4.78, 5) is 18.8. The van der Waals surface area contributed by atoms with Crippen molar-refractivity contribution in [2.24, 2.45) is 10.9 Å². The third-order valence-corrected chi connectivity index (χ3v) is 4.59. The van der Waals surface area contributed by atoms with Gasteiger partial charge in [0.15, 0.2) is 0 Å². The van der Waals surface area contributed by atoms with Crippen molar-refractivity contribution in [3.8, 4) is 0 Å². The normalized spacial score (nSPS) is 22.0. The van der Waals surface area contributed by atoms with Gasteiger partial charge in [0.2, 0.25) is 5.91 Å². The van der Waals surface area contributed by atoms with E-state index in [0.717, 1.165) is 41.5 Å². The smallest absolute Gasteiger partial charge is 0.248 e. The Bertz CT molecular complexity index is 814. The Morgan fingerprint density at radius 1 is 1.29 bits per heavy atom. The average molecular weight is 320 g/mol. The van der Waals surface area contributed by atoms with E-state index < -0.39 is 0 Å². The summed E-state index contributed by atoms with van der Waals surface area (Å²) in [6, 6.07) is 8.46. The maximum atomic E-state index is 11.9. The lowest BCUT2D eigenvalue weighted by atomic mass is 10.1. The van der Waals surface area contributed by atoms with Crippen molar-refractivity contribution in [3.63, 3.8) is 0 Å². The van der Waals surface area contributed by atoms with E-state index in [1.807, 2.05) is 19.3 Å². The molecule has 3 aliphatic rings. The highest BCUT2D eigenvalue weighted by atomic mass is 16.1. The molecule has 0 spiro atoms. The molecule has 0 bridgehead atoms. The summed E-state index contributed by atoms with van der Waals surface area (Å²) in [6.07, 6.45) is 5.28. The quantitative estimate of drug-likeness (QED) is 0.894. The van der Waals surface area contributed by atoms with Gasteiger partial charge in [-0.25, -0.2) is 4.99 Å². The Balaban J connectivity index is 1.75. The van der Waals surface area contributed by atoms with Crippen molar-refractivity contribution < 1.29 is 4.79 Å². The highest BCUT2D eigenvalue weighted by Crippen LogP contribution is 2.36. The number of nitrogens with zero attached hydrogens (tertiary/aromatic N) is 2. The summed E-state index contributed by atoms with van der Waals surface area (Å²) in [5.41, 5.74) is 5.39. The number of nitrogens with one attached hydrogen (secondary N) is 2. The van der Waals surface area contributed by atoms with Crippen LogP contribution in [0.5, 0.6) is 0 Å². The van der Waals surface area contributed by atoms with Gasteiger partial charge in [-0.05, 0) is 18.7 Å². The monoisotopic (exact) mass is 320 g/mol. The molecule has 0 aromatic heterocycles. The number of hydrogen-bond donors (Lipinski definition) is 2. The van der Waals surface area contributed by atoms with Gasteiger partial charge < -0.3 is 15.5 Å². The summed E-state index contributed by atoms with van der Waals surface area (Å²) >= 11 is 0. The highest BCUT2D eigenvalue weighted by Gasteiger charge is 2.36. The van der Waals surface area contributed by atoms with E-state index in [9.17, 15) is 4.79 Å². The summed E-state index contributed by atoms with van der Waals surface area (Å²) in [5, 5.41) is 6.18. The molecular weight excluding hydrogens is 300 g/mol. The van der Waals surface area contributed by atoms with Crippen molar-refractivity contribution in [2.45, 2.75) is 13.5 Å². The fourth-order valence-corrected chi connectivity index (χ4v) is 3.45. The fraction of sp³-hybridized carbons (Fsp3) is 0.263. The van der Waals surface area contributed by atoms with Gasteiger partial charge in [-0.3, -0.25) is 4.79 Å². The largest absolute Gasteiger partial charge is 0.324 e. The maximum absolute atomic E-state index is 11.9. The molecule has 0 saturated carbocycles. The molecule has 1 atom stereocenters. The number of aliphatic imine (C=N–C) groups is 1. The van der Waals surface area contributed by atoms with E-state index in [1.165, 1.54) is 5.56 Å². The van der Waals surface area contributed by atoms with E-state index in [2.05, 4.69) is 51.7 Å². The van der Waals surface area contributed by atoms with Crippen LogP contribution in [-0.4, -0.2) is 30.2 Å². The molecule has 0 saturated heterocycles. The minimum absolute atomic E-state index is 0.0699. The standard InChI is InChI=1S/C19H20N4O/c1-12-11-23-18-15(7-8-16(24)22-17(12)18)10-21-19(23)14-5-3-13(4-6-14)9-20-2/h3-8,10,12,20H,9,11H2,1-2H3,(H,22,24)/t12-/m0/s1. The first-order chi connectivity index (χ1) is 11.7. The van der Waals surface area contributed by atoms with Crippen LogP contribution in [-0.2, 0) is 11.3 Å². The van der Waals surface area contributed by atoms with Crippen LogP contribution in [0.4, 0.5) is 0 Å². The summed E-state index contributed by atoms with van der Waals surface area (Å²) < 4.78 is 0. The topological polar surface area (TPSA) is 56.7 Å². The predicted octanol–water partition coefficient (Wildman–Crippen LogP) is 1.90. The Morgan fingerprint density at radius 2 is 2.08 bits per heavy atom. The molecule has 5 heteroatoms. The average Bonchev–Trinajstić information content (AvgIpc) is 2.80. The number of amides is 1. The Hall–Kier alpha value is -2.66.